The van der Waals surface area contributed by atoms with Crippen LogP contribution in [0.25, 0.3) is 0 Å². The van der Waals surface area contributed by atoms with Gasteiger partial charge in [-0.05, 0) is 18.4 Å². The number of ether oxygens (including phenoxy) is 1. The highest BCUT2D eigenvalue weighted by Gasteiger charge is 2.33. The van der Waals surface area contributed by atoms with Gasteiger partial charge in [-0.15, -0.1) is 0 Å². The van der Waals surface area contributed by atoms with E-state index < -0.39 is 12.2 Å². The summed E-state index contributed by atoms with van der Waals surface area (Å²) in [6.07, 6.45) is 0.289. The van der Waals surface area contributed by atoms with Crippen LogP contribution in [0.4, 0.5) is 4.79 Å². The Labute approximate surface area is 142 Å². The number of hydrogen-bond donors (Lipinski definition) is 2. The summed E-state index contributed by atoms with van der Waals surface area (Å²) in [5.74, 6) is -0.0838. The lowest BCUT2D eigenvalue weighted by Crippen LogP contribution is -2.54. The van der Waals surface area contributed by atoms with E-state index in [-0.39, 0.29) is 24.5 Å². The van der Waals surface area contributed by atoms with Crippen LogP contribution < -0.4 is 5.32 Å². The van der Waals surface area contributed by atoms with Gasteiger partial charge in [0.1, 0.15) is 6.61 Å². The van der Waals surface area contributed by atoms with Crippen molar-refractivity contribution in [1.29, 1.82) is 0 Å². The minimum absolute atomic E-state index is 0.0351. The molecule has 3 unspecified atom stereocenters. The number of nitrogens with zero attached hydrogens (tertiary/aromatic N) is 1. The highest BCUT2D eigenvalue weighted by atomic mass is 16.5. The Bertz CT molecular complexity index is 549. The molecule has 1 aliphatic heterocycles. The predicted octanol–water partition coefficient (Wildman–Crippen LogP) is 1.92. The van der Waals surface area contributed by atoms with Crippen LogP contribution in [-0.2, 0) is 16.1 Å². The summed E-state index contributed by atoms with van der Waals surface area (Å²) in [5, 5.41) is 12.9. The summed E-state index contributed by atoms with van der Waals surface area (Å²) < 4.78 is 5.23. The number of carbonyl (C=O) groups excluding carboxylic acids is 2. The van der Waals surface area contributed by atoms with Crippen LogP contribution in [0.15, 0.2) is 30.3 Å². The Kier molecular flexibility index (Phi) is 6.61. The number of aliphatic hydroxyl groups is 1. The van der Waals surface area contributed by atoms with Crippen molar-refractivity contribution in [2.24, 2.45) is 5.92 Å². The van der Waals surface area contributed by atoms with Crippen molar-refractivity contribution in [1.82, 2.24) is 10.2 Å². The quantitative estimate of drug-likeness (QED) is 0.862. The summed E-state index contributed by atoms with van der Waals surface area (Å²) in [6, 6.07) is 9.24. The number of benzene rings is 1. The number of aliphatic hydroxyl groups excluding tert-OH is 1. The highest BCUT2D eigenvalue weighted by molar-refractivity contribution is 5.73. The van der Waals surface area contributed by atoms with Gasteiger partial charge in [0.25, 0.3) is 0 Å². The Morgan fingerprint density at radius 2 is 2.04 bits per heavy atom. The SMILES string of the molecule is CCC(O)C1CC(NC(=O)OCc2ccccc2)CN(C(C)=O)C1. The molecule has 0 aliphatic carbocycles. The second-order valence-electron chi connectivity index (χ2n) is 6.30. The minimum atomic E-state index is -0.501. The zero-order valence-electron chi connectivity index (χ0n) is 14.3. The summed E-state index contributed by atoms with van der Waals surface area (Å²) in [7, 11) is 0. The molecule has 0 spiro atoms. The van der Waals surface area contributed by atoms with E-state index in [4.69, 9.17) is 4.74 Å². The Hall–Kier alpha value is -2.08. The van der Waals surface area contributed by atoms with Crippen LogP contribution in [0.2, 0.25) is 0 Å². The summed E-state index contributed by atoms with van der Waals surface area (Å²) >= 11 is 0. The fourth-order valence-electron chi connectivity index (χ4n) is 3.04. The van der Waals surface area contributed by atoms with E-state index in [0.717, 1.165) is 5.56 Å². The molecule has 0 bridgehead atoms. The standard InChI is InChI=1S/C18H26N2O4/c1-3-17(22)15-9-16(11-20(10-15)13(2)21)19-18(23)24-12-14-7-5-4-6-8-14/h4-8,15-17,22H,3,9-12H2,1-2H3,(H,19,23). The van der Waals surface area contributed by atoms with Gasteiger partial charge in [0.05, 0.1) is 12.1 Å². The van der Waals surface area contributed by atoms with Crippen LogP contribution in [-0.4, -0.2) is 47.2 Å². The molecule has 0 aromatic heterocycles. The van der Waals surface area contributed by atoms with Crippen molar-refractivity contribution in [3.05, 3.63) is 35.9 Å². The first kappa shape index (κ1) is 18.3. The number of piperidine rings is 1. The molecular formula is C18H26N2O4. The third-order valence-electron chi connectivity index (χ3n) is 4.43. The lowest BCUT2D eigenvalue weighted by Gasteiger charge is -2.39. The first-order chi connectivity index (χ1) is 11.5. The van der Waals surface area contributed by atoms with Crippen molar-refractivity contribution in [2.45, 2.75) is 45.4 Å². The van der Waals surface area contributed by atoms with Crippen molar-refractivity contribution < 1.29 is 19.4 Å². The van der Waals surface area contributed by atoms with Crippen LogP contribution >= 0.6 is 0 Å². The first-order valence-electron chi connectivity index (χ1n) is 8.40. The zero-order valence-corrected chi connectivity index (χ0v) is 14.3. The molecule has 1 aliphatic rings. The smallest absolute Gasteiger partial charge is 0.407 e. The molecule has 1 saturated heterocycles. The van der Waals surface area contributed by atoms with Gasteiger partial charge in [-0.25, -0.2) is 4.79 Å². The lowest BCUT2D eigenvalue weighted by molar-refractivity contribution is -0.132. The lowest BCUT2D eigenvalue weighted by atomic mass is 9.88. The third-order valence-corrected chi connectivity index (χ3v) is 4.43. The molecule has 6 nitrogen and oxygen atoms in total. The second-order valence-corrected chi connectivity index (χ2v) is 6.30. The van der Waals surface area contributed by atoms with Crippen LogP contribution in [0, 0.1) is 5.92 Å². The number of likely N-dealkylation sites (tertiary alicyclic amines) is 1. The summed E-state index contributed by atoms with van der Waals surface area (Å²) in [6.45, 7) is 4.60. The maximum atomic E-state index is 12.0. The molecule has 0 radical (unpaired) electrons. The maximum absolute atomic E-state index is 12.0. The topological polar surface area (TPSA) is 78.9 Å². The maximum Gasteiger partial charge on any atom is 0.407 e. The van der Waals surface area contributed by atoms with Gasteiger partial charge in [0, 0.05) is 25.9 Å². The second kappa shape index (κ2) is 8.68. The van der Waals surface area contributed by atoms with Crippen molar-refractivity contribution in [2.75, 3.05) is 13.1 Å². The Morgan fingerprint density at radius 1 is 1.33 bits per heavy atom. The largest absolute Gasteiger partial charge is 0.445 e. The minimum Gasteiger partial charge on any atom is -0.445 e. The molecule has 0 saturated carbocycles. The first-order valence-corrected chi connectivity index (χ1v) is 8.40. The van der Waals surface area contributed by atoms with Gasteiger partial charge in [-0.1, -0.05) is 37.3 Å². The fraction of sp³-hybridized carbons (Fsp3) is 0.556. The van der Waals surface area contributed by atoms with Gasteiger partial charge < -0.3 is 20.1 Å². The number of amides is 2. The van der Waals surface area contributed by atoms with Gasteiger partial charge >= 0.3 is 6.09 Å². The fourth-order valence-corrected chi connectivity index (χ4v) is 3.04. The predicted molar refractivity (Wildman–Crippen MR) is 90.2 cm³/mol. The average molecular weight is 334 g/mol. The monoisotopic (exact) mass is 334 g/mol. The van der Waals surface area contributed by atoms with Gasteiger partial charge in [0.2, 0.25) is 5.91 Å². The van der Waals surface area contributed by atoms with E-state index in [1.54, 1.807) is 4.90 Å². The van der Waals surface area contributed by atoms with Crippen molar-refractivity contribution >= 4 is 12.0 Å². The molecule has 1 heterocycles. The van der Waals surface area contributed by atoms with Crippen LogP contribution in [0.1, 0.15) is 32.3 Å². The van der Waals surface area contributed by atoms with Crippen LogP contribution in [0.5, 0.6) is 0 Å². The van der Waals surface area contributed by atoms with E-state index in [9.17, 15) is 14.7 Å². The van der Waals surface area contributed by atoms with E-state index in [1.165, 1.54) is 6.92 Å². The molecule has 132 valence electrons. The third kappa shape index (κ3) is 5.23. The number of rotatable bonds is 5. The van der Waals surface area contributed by atoms with E-state index in [0.29, 0.717) is 25.9 Å². The van der Waals surface area contributed by atoms with E-state index in [2.05, 4.69) is 5.32 Å². The molecule has 1 fully saturated rings. The molecule has 2 amide bonds. The molecule has 2 N–H and O–H groups in total. The summed E-state index contributed by atoms with van der Waals surface area (Å²) in [5.41, 5.74) is 0.918. The molecule has 2 rings (SSSR count). The molecule has 1 aromatic rings. The average Bonchev–Trinajstić information content (AvgIpc) is 2.59. The van der Waals surface area contributed by atoms with Gasteiger partial charge in [-0.2, -0.15) is 0 Å². The number of hydrogen-bond acceptors (Lipinski definition) is 4. The highest BCUT2D eigenvalue weighted by Crippen LogP contribution is 2.22. The number of nitrogens with one attached hydrogen (secondary N) is 1. The van der Waals surface area contributed by atoms with Crippen molar-refractivity contribution in [3.8, 4) is 0 Å². The van der Waals surface area contributed by atoms with Gasteiger partial charge in [0.15, 0.2) is 0 Å². The molecule has 1 aromatic carbocycles. The van der Waals surface area contributed by atoms with E-state index >= 15 is 0 Å². The molecular weight excluding hydrogens is 308 g/mol. The summed E-state index contributed by atoms with van der Waals surface area (Å²) in [4.78, 5) is 25.4. The molecule has 3 atom stereocenters. The molecule has 24 heavy (non-hydrogen) atoms. The molecule has 6 heteroatoms. The van der Waals surface area contributed by atoms with E-state index in [1.807, 2.05) is 37.3 Å². The van der Waals surface area contributed by atoms with Gasteiger partial charge in [-0.3, -0.25) is 4.79 Å². The number of alkyl carbamates (subject to hydrolysis) is 1. The van der Waals surface area contributed by atoms with Crippen molar-refractivity contribution in [3.63, 3.8) is 0 Å². The normalized spacial score (nSPS) is 21.9. The number of carbonyl (C=O) groups is 2. The zero-order chi connectivity index (χ0) is 17.5. The Balaban J connectivity index is 1.89. The Morgan fingerprint density at radius 3 is 2.67 bits per heavy atom. The van der Waals surface area contributed by atoms with Crippen LogP contribution in [0.3, 0.4) is 0 Å².